The first kappa shape index (κ1) is 15.0. The van der Waals surface area contributed by atoms with Gasteiger partial charge in [0.1, 0.15) is 5.75 Å². The monoisotopic (exact) mass is 272 g/mol. The zero-order valence-corrected chi connectivity index (χ0v) is 11.6. The lowest BCUT2D eigenvalue weighted by atomic mass is 9.99. The van der Waals surface area contributed by atoms with E-state index in [0.717, 1.165) is 12.2 Å². The van der Waals surface area contributed by atoms with E-state index in [2.05, 4.69) is 13.8 Å². The van der Waals surface area contributed by atoms with Crippen molar-refractivity contribution in [2.45, 2.75) is 32.6 Å². The number of rotatable bonds is 7. The van der Waals surface area contributed by atoms with Crippen LogP contribution >= 0.6 is 0 Å². The van der Waals surface area contributed by atoms with Gasteiger partial charge in [-0.2, -0.15) is 8.42 Å². The van der Waals surface area contributed by atoms with Crippen LogP contribution in [0.5, 0.6) is 5.75 Å². The van der Waals surface area contributed by atoms with E-state index in [1.807, 2.05) is 24.3 Å². The maximum Gasteiger partial charge on any atom is 0.264 e. The SMILES string of the molecule is CCC(C)c1ccc(OCCCS(=O)(=O)O)cc1. The standard InChI is InChI=1S/C13H20O4S/c1-3-11(2)12-5-7-13(8-6-12)17-9-4-10-18(14,15)16/h5-8,11H,3-4,9-10H2,1-2H3,(H,14,15,16). The molecule has 0 aliphatic heterocycles. The molecule has 0 aliphatic rings. The van der Waals surface area contributed by atoms with E-state index in [-0.39, 0.29) is 18.8 Å². The van der Waals surface area contributed by atoms with Gasteiger partial charge in [-0.25, -0.2) is 0 Å². The Morgan fingerprint density at radius 1 is 1.28 bits per heavy atom. The van der Waals surface area contributed by atoms with Crippen molar-refractivity contribution in [3.8, 4) is 5.75 Å². The molecule has 1 atom stereocenters. The van der Waals surface area contributed by atoms with E-state index in [0.29, 0.717) is 5.92 Å². The van der Waals surface area contributed by atoms with Gasteiger partial charge in [-0.3, -0.25) is 4.55 Å². The Labute approximate surface area is 109 Å². The second kappa shape index (κ2) is 6.75. The Bertz CT molecular complexity index is 450. The van der Waals surface area contributed by atoms with Gasteiger partial charge in [-0.15, -0.1) is 0 Å². The molecule has 0 spiro atoms. The van der Waals surface area contributed by atoms with Crippen molar-refractivity contribution in [3.63, 3.8) is 0 Å². The van der Waals surface area contributed by atoms with Crippen molar-refractivity contribution < 1.29 is 17.7 Å². The minimum Gasteiger partial charge on any atom is -0.494 e. The molecule has 0 amide bonds. The lowest BCUT2D eigenvalue weighted by molar-refractivity contribution is 0.316. The molecule has 5 heteroatoms. The maximum absolute atomic E-state index is 10.5. The molecular weight excluding hydrogens is 252 g/mol. The lowest BCUT2D eigenvalue weighted by Gasteiger charge is -2.10. The van der Waals surface area contributed by atoms with Crippen LogP contribution in [0.2, 0.25) is 0 Å². The Morgan fingerprint density at radius 2 is 1.89 bits per heavy atom. The maximum atomic E-state index is 10.5. The number of hydrogen-bond donors (Lipinski definition) is 1. The highest BCUT2D eigenvalue weighted by atomic mass is 32.2. The average molecular weight is 272 g/mol. The summed E-state index contributed by atoms with van der Waals surface area (Å²) in [6.07, 6.45) is 1.38. The summed E-state index contributed by atoms with van der Waals surface area (Å²) in [7, 11) is -3.88. The van der Waals surface area contributed by atoms with Crippen molar-refractivity contribution >= 4 is 10.1 Å². The van der Waals surface area contributed by atoms with Crippen LogP contribution in [0.1, 0.15) is 38.2 Å². The fourth-order valence-electron chi connectivity index (χ4n) is 1.56. The minimum absolute atomic E-state index is 0.266. The minimum atomic E-state index is -3.88. The topological polar surface area (TPSA) is 63.6 Å². The van der Waals surface area contributed by atoms with Crippen LogP contribution in [0.15, 0.2) is 24.3 Å². The predicted octanol–water partition coefficient (Wildman–Crippen LogP) is 2.86. The Morgan fingerprint density at radius 3 is 2.39 bits per heavy atom. The second-order valence-corrected chi connectivity index (χ2v) is 5.94. The first-order valence-electron chi connectivity index (χ1n) is 6.10. The predicted molar refractivity (Wildman–Crippen MR) is 71.7 cm³/mol. The quantitative estimate of drug-likeness (QED) is 0.612. The third-order valence-electron chi connectivity index (χ3n) is 2.88. The Balaban J connectivity index is 2.40. The number of benzene rings is 1. The summed E-state index contributed by atoms with van der Waals surface area (Å²) in [4.78, 5) is 0. The zero-order valence-electron chi connectivity index (χ0n) is 10.8. The van der Waals surface area contributed by atoms with Gasteiger partial charge in [0.15, 0.2) is 0 Å². The van der Waals surface area contributed by atoms with Crippen molar-refractivity contribution in [1.29, 1.82) is 0 Å². The van der Waals surface area contributed by atoms with Gasteiger partial charge in [0.25, 0.3) is 10.1 Å². The molecule has 4 nitrogen and oxygen atoms in total. The molecular formula is C13H20O4S. The van der Waals surface area contributed by atoms with Crippen molar-refractivity contribution in [3.05, 3.63) is 29.8 Å². The van der Waals surface area contributed by atoms with Gasteiger partial charge in [0, 0.05) is 0 Å². The van der Waals surface area contributed by atoms with Gasteiger partial charge < -0.3 is 4.74 Å². The van der Waals surface area contributed by atoms with Crippen molar-refractivity contribution in [1.82, 2.24) is 0 Å². The van der Waals surface area contributed by atoms with Crippen LogP contribution in [0.4, 0.5) is 0 Å². The fraction of sp³-hybridized carbons (Fsp3) is 0.538. The Hall–Kier alpha value is -1.07. The molecule has 0 heterocycles. The van der Waals surface area contributed by atoms with Gasteiger partial charge in [0.05, 0.1) is 12.4 Å². The van der Waals surface area contributed by atoms with Crippen molar-refractivity contribution in [2.75, 3.05) is 12.4 Å². The molecule has 18 heavy (non-hydrogen) atoms. The molecule has 1 aromatic rings. The number of ether oxygens (including phenoxy) is 1. The molecule has 102 valence electrons. The Kier molecular flexibility index (Phi) is 5.62. The van der Waals surface area contributed by atoms with Crippen LogP contribution < -0.4 is 4.74 Å². The first-order chi connectivity index (χ1) is 8.42. The van der Waals surface area contributed by atoms with Crippen LogP contribution in [0, 0.1) is 0 Å². The summed E-state index contributed by atoms with van der Waals surface area (Å²) >= 11 is 0. The summed E-state index contributed by atoms with van der Waals surface area (Å²) in [5.74, 6) is 0.980. The van der Waals surface area contributed by atoms with Crippen LogP contribution in [-0.2, 0) is 10.1 Å². The van der Waals surface area contributed by atoms with Crippen LogP contribution in [0.25, 0.3) is 0 Å². The van der Waals surface area contributed by atoms with Crippen LogP contribution in [0.3, 0.4) is 0 Å². The summed E-state index contributed by atoms with van der Waals surface area (Å²) in [6.45, 7) is 4.59. The highest BCUT2D eigenvalue weighted by Crippen LogP contribution is 2.21. The first-order valence-corrected chi connectivity index (χ1v) is 7.71. The van der Waals surface area contributed by atoms with Crippen LogP contribution in [-0.4, -0.2) is 25.3 Å². The third-order valence-corrected chi connectivity index (χ3v) is 3.68. The molecule has 0 fully saturated rings. The summed E-state index contributed by atoms with van der Waals surface area (Å²) < 4.78 is 34.9. The van der Waals surface area contributed by atoms with Gasteiger partial charge in [-0.1, -0.05) is 26.0 Å². The average Bonchev–Trinajstić information content (AvgIpc) is 2.33. The molecule has 0 aromatic heterocycles. The molecule has 1 rings (SSSR count). The molecule has 1 aromatic carbocycles. The van der Waals surface area contributed by atoms with Gasteiger partial charge >= 0.3 is 0 Å². The molecule has 0 saturated heterocycles. The summed E-state index contributed by atoms with van der Waals surface area (Å²) in [6, 6.07) is 7.81. The molecule has 0 saturated carbocycles. The molecule has 0 radical (unpaired) electrons. The lowest BCUT2D eigenvalue weighted by Crippen LogP contribution is -2.08. The van der Waals surface area contributed by atoms with E-state index >= 15 is 0 Å². The second-order valence-electron chi connectivity index (χ2n) is 4.37. The van der Waals surface area contributed by atoms with Gasteiger partial charge in [0.2, 0.25) is 0 Å². The molecule has 0 aliphatic carbocycles. The number of hydrogen-bond acceptors (Lipinski definition) is 3. The summed E-state index contributed by atoms with van der Waals surface area (Å²) in [5.41, 5.74) is 1.27. The zero-order chi connectivity index (χ0) is 13.6. The smallest absolute Gasteiger partial charge is 0.264 e. The molecule has 1 N–H and O–H groups in total. The van der Waals surface area contributed by atoms with Crippen molar-refractivity contribution in [2.24, 2.45) is 0 Å². The largest absolute Gasteiger partial charge is 0.494 e. The molecule has 1 unspecified atom stereocenters. The van der Waals surface area contributed by atoms with E-state index in [4.69, 9.17) is 9.29 Å². The van der Waals surface area contributed by atoms with Gasteiger partial charge in [-0.05, 0) is 36.5 Å². The summed E-state index contributed by atoms with van der Waals surface area (Å²) in [5, 5.41) is 0. The van der Waals surface area contributed by atoms with E-state index < -0.39 is 10.1 Å². The highest BCUT2D eigenvalue weighted by molar-refractivity contribution is 7.85. The highest BCUT2D eigenvalue weighted by Gasteiger charge is 2.05. The van der Waals surface area contributed by atoms with E-state index in [1.54, 1.807) is 0 Å². The van der Waals surface area contributed by atoms with E-state index in [1.165, 1.54) is 5.56 Å². The fourth-order valence-corrected chi connectivity index (χ4v) is 2.04. The third kappa shape index (κ3) is 5.51. The molecule has 0 bridgehead atoms. The van der Waals surface area contributed by atoms with E-state index in [9.17, 15) is 8.42 Å². The normalized spacial score (nSPS) is 13.3.